The zero-order valence-electron chi connectivity index (χ0n) is 9.64. The number of halogens is 3. The van der Waals surface area contributed by atoms with Gasteiger partial charge < -0.3 is 5.32 Å². The predicted octanol–water partition coefficient (Wildman–Crippen LogP) is 3.55. The van der Waals surface area contributed by atoms with E-state index in [0.29, 0.717) is 0 Å². The fourth-order valence-electron chi connectivity index (χ4n) is 2.13. The predicted molar refractivity (Wildman–Crippen MR) is 60.0 cm³/mol. The largest absolute Gasteiger partial charge is 0.452 e. The van der Waals surface area contributed by atoms with Crippen molar-refractivity contribution in [2.24, 2.45) is 5.41 Å². The molecule has 0 bridgehead atoms. The molecule has 1 atom stereocenters. The van der Waals surface area contributed by atoms with E-state index in [-0.39, 0.29) is 16.6 Å². The third-order valence-corrected chi connectivity index (χ3v) is 3.62. The molecular formula is C10H14F3N3S. The summed E-state index contributed by atoms with van der Waals surface area (Å²) in [6.45, 7) is 4.33. The van der Waals surface area contributed by atoms with E-state index in [9.17, 15) is 13.2 Å². The van der Waals surface area contributed by atoms with Crippen molar-refractivity contribution < 1.29 is 13.2 Å². The molecule has 1 aliphatic rings. The summed E-state index contributed by atoms with van der Waals surface area (Å²) in [5, 5.41) is 3.30. The lowest BCUT2D eigenvalue weighted by molar-refractivity contribution is -0.144. The van der Waals surface area contributed by atoms with Gasteiger partial charge in [0.15, 0.2) is 0 Å². The minimum atomic E-state index is -4.45. The fourth-order valence-corrected chi connectivity index (χ4v) is 2.80. The van der Waals surface area contributed by atoms with Crippen LogP contribution in [0.5, 0.6) is 0 Å². The summed E-state index contributed by atoms with van der Waals surface area (Å²) < 4.78 is 40.2. The first-order valence-corrected chi connectivity index (χ1v) is 6.21. The third kappa shape index (κ3) is 3.08. The molecule has 0 radical (unpaired) electrons. The highest BCUT2D eigenvalue weighted by Gasteiger charge is 2.37. The van der Waals surface area contributed by atoms with Crippen molar-refractivity contribution >= 4 is 16.7 Å². The maximum Gasteiger partial charge on any atom is 0.452 e. The first-order valence-electron chi connectivity index (χ1n) is 5.44. The molecule has 1 heterocycles. The topological polar surface area (TPSA) is 37.8 Å². The van der Waals surface area contributed by atoms with Crippen LogP contribution >= 0.6 is 11.5 Å². The van der Waals surface area contributed by atoms with Gasteiger partial charge in [0.2, 0.25) is 11.0 Å². The lowest BCUT2D eigenvalue weighted by atomic mass is 9.92. The molecule has 0 amide bonds. The van der Waals surface area contributed by atoms with Gasteiger partial charge in [0.25, 0.3) is 0 Å². The summed E-state index contributed by atoms with van der Waals surface area (Å²) in [4.78, 5) is 3.46. The minimum absolute atomic E-state index is 0.207. The maximum atomic E-state index is 12.3. The van der Waals surface area contributed by atoms with Crippen molar-refractivity contribution in [2.45, 2.75) is 45.3 Å². The van der Waals surface area contributed by atoms with Crippen molar-refractivity contribution in [3.63, 3.8) is 0 Å². The number of nitrogens with one attached hydrogen (secondary N) is 1. The maximum absolute atomic E-state index is 12.3. The van der Waals surface area contributed by atoms with Crippen LogP contribution in [0.3, 0.4) is 0 Å². The van der Waals surface area contributed by atoms with E-state index >= 15 is 0 Å². The summed E-state index contributed by atoms with van der Waals surface area (Å²) in [5.74, 6) is -1.05. The normalized spacial score (nSPS) is 23.9. The highest BCUT2D eigenvalue weighted by Crippen LogP contribution is 2.38. The van der Waals surface area contributed by atoms with E-state index in [1.165, 1.54) is 0 Å². The zero-order chi connectivity index (χ0) is 12.7. The van der Waals surface area contributed by atoms with Gasteiger partial charge in [-0.1, -0.05) is 13.8 Å². The second-order valence-electron chi connectivity index (χ2n) is 5.17. The molecule has 1 N–H and O–H groups in total. The summed E-state index contributed by atoms with van der Waals surface area (Å²) in [5.41, 5.74) is 0.259. The summed E-state index contributed by atoms with van der Waals surface area (Å²) in [7, 11) is 0. The molecule has 1 saturated carbocycles. The highest BCUT2D eigenvalue weighted by atomic mass is 32.1. The Balaban J connectivity index is 1.99. The average Bonchev–Trinajstić information content (AvgIpc) is 2.72. The molecule has 7 heteroatoms. The van der Waals surface area contributed by atoms with Crippen LogP contribution in [0.2, 0.25) is 0 Å². The van der Waals surface area contributed by atoms with Gasteiger partial charge in [-0.2, -0.15) is 22.5 Å². The Morgan fingerprint density at radius 3 is 2.59 bits per heavy atom. The zero-order valence-corrected chi connectivity index (χ0v) is 10.5. The molecule has 1 fully saturated rings. The average molecular weight is 265 g/mol. The van der Waals surface area contributed by atoms with Gasteiger partial charge in [0.1, 0.15) is 0 Å². The summed E-state index contributed by atoms with van der Waals surface area (Å²) in [6, 6.07) is 0.207. The van der Waals surface area contributed by atoms with Crippen molar-refractivity contribution in [1.29, 1.82) is 0 Å². The Kier molecular flexibility index (Phi) is 3.05. The standard InChI is InChI=1S/C10H14F3N3S/c1-9(2)4-3-6(5-9)14-8-15-7(16-17-8)10(11,12)13/h6H,3-5H2,1-2H3,(H,14,15,16). The van der Waals surface area contributed by atoms with Gasteiger partial charge in [-0.3, -0.25) is 0 Å². The van der Waals surface area contributed by atoms with Crippen LogP contribution in [0.15, 0.2) is 0 Å². The van der Waals surface area contributed by atoms with Gasteiger partial charge in [-0.15, -0.1) is 0 Å². The monoisotopic (exact) mass is 265 g/mol. The minimum Gasteiger partial charge on any atom is -0.358 e. The van der Waals surface area contributed by atoms with Crippen molar-refractivity contribution in [3.8, 4) is 0 Å². The van der Waals surface area contributed by atoms with Gasteiger partial charge in [-0.05, 0) is 24.7 Å². The molecule has 1 aromatic rings. The Morgan fingerprint density at radius 1 is 1.41 bits per heavy atom. The van der Waals surface area contributed by atoms with E-state index in [1.807, 2.05) is 0 Å². The molecular weight excluding hydrogens is 251 g/mol. The van der Waals surface area contributed by atoms with Gasteiger partial charge in [-0.25, -0.2) is 0 Å². The molecule has 1 aromatic heterocycles. The molecule has 2 rings (SSSR count). The smallest absolute Gasteiger partial charge is 0.358 e. The SMILES string of the molecule is CC1(C)CCC(Nc2nc(C(F)(F)F)ns2)C1. The van der Waals surface area contributed by atoms with Crippen LogP contribution in [-0.2, 0) is 6.18 Å². The third-order valence-electron chi connectivity index (χ3n) is 2.98. The second kappa shape index (κ2) is 4.12. The summed E-state index contributed by atoms with van der Waals surface area (Å²) >= 11 is 0.771. The Bertz CT molecular complexity index is 400. The number of alkyl halides is 3. The Labute approximate surface area is 102 Å². The molecule has 0 aliphatic heterocycles. The Hall–Kier alpha value is -0.850. The molecule has 3 nitrogen and oxygen atoms in total. The lowest BCUT2D eigenvalue weighted by Crippen LogP contribution is -2.17. The second-order valence-corrected chi connectivity index (χ2v) is 5.92. The number of hydrogen-bond donors (Lipinski definition) is 1. The molecule has 1 unspecified atom stereocenters. The molecule has 0 spiro atoms. The number of aromatic nitrogens is 2. The first-order chi connectivity index (χ1) is 7.76. The number of anilines is 1. The fraction of sp³-hybridized carbons (Fsp3) is 0.800. The van der Waals surface area contributed by atoms with E-state index in [2.05, 4.69) is 28.5 Å². The van der Waals surface area contributed by atoms with Crippen LogP contribution in [-0.4, -0.2) is 15.4 Å². The Morgan fingerprint density at radius 2 is 2.12 bits per heavy atom. The number of rotatable bonds is 2. The van der Waals surface area contributed by atoms with E-state index in [4.69, 9.17) is 0 Å². The van der Waals surface area contributed by atoms with Gasteiger partial charge in [0, 0.05) is 17.6 Å². The first kappa shape index (κ1) is 12.6. The molecule has 0 aromatic carbocycles. The molecule has 96 valence electrons. The van der Waals surface area contributed by atoms with Crippen molar-refractivity contribution in [3.05, 3.63) is 5.82 Å². The van der Waals surface area contributed by atoms with Crippen molar-refractivity contribution in [2.75, 3.05) is 5.32 Å². The van der Waals surface area contributed by atoms with Gasteiger partial charge in [0.05, 0.1) is 0 Å². The van der Waals surface area contributed by atoms with Crippen LogP contribution in [0.25, 0.3) is 0 Å². The van der Waals surface area contributed by atoms with E-state index in [1.54, 1.807) is 0 Å². The van der Waals surface area contributed by atoms with Crippen LogP contribution in [0, 0.1) is 5.41 Å². The van der Waals surface area contributed by atoms with Crippen LogP contribution in [0.1, 0.15) is 38.9 Å². The molecule has 17 heavy (non-hydrogen) atoms. The van der Waals surface area contributed by atoms with Gasteiger partial charge >= 0.3 is 6.18 Å². The number of nitrogens with zero attached hydrogens (tertiary/aromatic N) is 2. The highest BCUT2D eigenvalue weighted by molar-refractivity contribution is 7.09. The molecule has 1 aliphatic carbocycles. The van der Waals surface area contributed by atoms with Crippen molar-refractivity contribution in [1.82, 2.24) is 9.36 Å². The van der Waals surface area contributed by atoms with E-state index < -0.39 is 12.0 Å². The van der Waals surface area contributed by atoms with Crippen LogP contribution < -0.4 is 5.32 Å². The molecule has 0 saturated heterocycles. The quantitative estimate of drug-likeness (QED) is 0.888. The van der Waals surface area contributed by atoms with Crippen LogP contribution in [0.4, 0.5) is 18.3 Å². The van der Waals surface area contributed by atoms with E-state index in [0.717, 1.165) is 30.8 Å². The number of hydrogen-bond acceptors (Lipinski definition) is 4. The lowest BCUT2D eigenvalue weighted by Gasteiger charge is -2.17. The summed E-state index contributed by atoms with van der Waals surface area (Å²) in [6.07, 6.45) is -1.46.